The first-order valence-corrected chi connectivity index (χ1v) is 13.6. The fraction of sp³-hybridized carbons (Fsp3) is 0.0968. The zero-order valence-electron chi connectivity index (χ0n) is 21.9. The summed E-state index contributed by atoms with van der Waals surface area (Å²) in [6, 6.07) is 29.3. The summed E-state index contributed by atoms with van der Waals surface area (Å²) in [5.41, 5.74) is 3.62. The van der Waals surface area contributed by atoms with Gasteiger partial charge in [-0.3, -0.25) is 9.80 Å². The van der Waals surface area contributed by atoms with E-state index in [4.69, 9.17) is 9.72 Å². The first-order chi connectivity index (χ1) is 19.5. The molecule has 0 saturated heterocycles. The second-order valence-electron chi connectivity index (χ2n) is 9.05. The van der Waals surface area contributed by atoms with E-state index in [9.17, 15) is 9.59 Å². The predicted octanol–water partition coefficient (Wildman–Crippen LogP) is 6.49. The van der Waals surface area contributed by atoms with Crippen LogP contribution in [-0.4, -0.2) is 34.3 Å². The number of para-hydroxylation sites is 1. The van der Waals surface area contributed by atoms with Gasteiger partial charge in [-0.25, -0.2) is 19.4 Å². The van der Waals surface area contributed by atoms with Crippen LogP contribution in [0.2, 0.25) is 0 Å². The van der Waals surface area contributed by atoms with Gasteiger partial charge < -0.3 is 10.1 Å². The molecule has 6 rings (SSSR count). The molecule has 0 aliphatic heterocycles. The summed E-state index contributed by atoms with van der Waals surface area (Å²) in [6.07, 6.45) is 0. The third-order valence-electron chi connectivity index (χ3n) is 6.55. The van der Waals surface area contributed by atoms with Crippen LogP contribution < -0.4 is 15.9 Å². The molecule has 9 heteroatoms. The van der Waals surface area contributed by atoms with Crippen LogP contribution in [0.1, 0.15) is 17.4 Å². The highest BCUT2D eigenvalue weighted by molar-refractivity contribution is 7.14. The molecular weight excluding hydrogens is 522 g/mol. The van der Waals surface area contributed by atoms with Gasteiger partial charge in [0.2, 0.25) is 5.69 Å². The minimum atomic E-state index is -0.754. The van der Waals surface area contributed by atoms with Crippen molar-refractivity contribution in [3.63, 3.8) is 0 Å². The Kier molecular flexibility index (Phi) is 6.71. The Hall–Kier alpha value is -5.02. The van der Waals surface area contributed by atoms with Gasteiger partial charge in [-0.1, -0.05) is 60.7 Å². The maximum absolute atomic E-state index is 13.6. The molecule has 0 aliphatic carbocycles. The van der Waals surface area contributed by atoms with E-state index in [1.54, 1.807) is 25.0 Å². The molecule has 0 saturated carbocycles. The summed E-state index contributed by atoms with van der Waals surface area (Å²) >= 11 is 1.50. The SMILES string of the molecule is CCOC(=O)c1nc2ccc(Nc3nc(-c4cccc5ccccc45)cs3)cc2n(N(C)c2ccccc2)c1=O. The third kappa shape index (κ3) is 4.67. The largest absolute Gasteiger partial charge is 0.461 e. The summed E-state index contributed by atoms with van der Waals surface area (Å²) < 4.78 is 6.56. The molecule has 0 atom stereocenters. The monoisotopic (exact) mass is 547 g/mol. The van der Waals surface area contributed by atoms with Crippen LogP contribution >= 0.6 is 11.3 Å². The smallest absolute Gasteiger partial charge is 0.362 e. The molecule has 0 spiro atoms. The quantitative estimate of drug-likeness (QED) is 0.228. The lowest BCUT2D eigenvalue weighted by Gasteiger charge is -2.24. The minimum absolute atomic E-state index is 0.143. The highest BCUT2D eigenvalue weighted by Crippen LogP contribution is 2.32. The van der Waals surface area contributed by atoms with Crippen LogP contribution in [0.5, 0.6) is 0 Å². The predicted molar refractivity (Wildman–Crippen MR) is 161 cm³/mol. The van der Waals surface area contributed by atoms with E-state index in [1.807, 2.05) is 66.0 Å². The third-order valence-corrected chi connectivity index (χ3v) is 7.31. The second kappa shape index (κ2) is 10.6. The lowest BCUT2D eigenvalue weighted by atomic mass is 10.0. The first kappa shape index (κ1) is 25.3. The van der Waals surface area contributed by atoms with Crippen LogP contribution in [-0.2, 0) is 4.74 Å². The number of fused-ring (bicyclic) bond motifs is 2. The number of hydrogen-bond acceptors (Lipinski definition) is 8. The molecule has 8 nitrogen and oxygen atoms in total. The van der Waals surface area contributed by atoms with Gasteiger partial charge in [0, 0.05) is 23.7 Å². The van der Waals surface area contributed by atoms with Crippen LogP contribution in [0, 0.1) is 0 Å². The summed E-state index contributed by atoms with van der Waals surface area (Å²) in [4.78, 5) is 35.4. The number of anilines is 3. The number of rotatable bonds is 7. The number of thiazole rings is 1. The number of nitrogens with one attached hydrogen (secondary N) is 1. The van der Waals surface area contributed by atoms with Crippen molar-refractivity contribution in [2.45, 2.75) is 6.92 Å². The lowest BCUT2D eigenvalue weighted by molar-refractivity contribution is 0.0517. The molecule has 6 aromatic rings. The van der Waals surface area contributed by atoms with E-state index in [1.165, 1.54) is 16.0 Å². The number of benzene rings is 4. The molecule has 40 heavy (non-hydrogen) atoms. The van der Waals surface area contributed by atoms with E-state index in [0.29, 0.717) is 16.2 Å². The number of carbonyl (C=O) groups is 1. The van der Waals surface area contributed by atoms with Crippen LogP contribution in [0.4, 0.5) is 16.5 Å². The van der Waals surface area contributed by atoms with Crippen molar-refractivity contribution in [2.75, 3.05) is 24.0 Å². The first-order valence-electron chi connectivity index (χ1n) is 12.8. The van der Waals surface area contributed by atoms with E-state index in [-0.39, 0.29) is 12.3 Å². The van der Waals surface area contributed by atoms with Crippen molar-refractivity contribution >= 4 is 55.6 Å². The standard InChI is InChI=1S/C31H25N5O3S/c1-3-39-30(38)28-29(37)36(35(2)22-12-5-4-6-13-22)27-18-21(16-17-25(27)33-28)32-31-34-26(19-40-31)24-15-9-11-20-10-7-8-14-23(20)24/h4-19H,3H2,1-2H3,(H,32,34). The van der Waals surface area contributed by atoms with Gasteiger partial charge in [-0.2, -0.15) is 0 Å². The number of carbonyl (C=O) groups excluding carboxylic acids is 1. The van der Waals surface area contributed by atoms with Crippen molar-refractivity contribution in [3.8, 4) is 11.3 Å². The summed E-state index contributed by atoms with van der Waals surface area (Å²) in [7, 11) is 1.77. The Balaban J connectivity index is 1.41. The Morgan fingerprint density at radius 2 is 1.75 bits per heavy atom. The lowest BCUT2D eigenvalue weighted by Crippen LogP contribution is -2.39. The Morgan fingerprint density at radius 1 is 0.975 bits per heavy atom. The van der Waals surface area contributed by atoms with Gasteiger partial charge in [0.1, 0.15) is 0 Å². The van der Waals surface area contributed by atoms with Gasteiger partial charge in [0.25, 0.3) is 0 Å². The van der Waals surface area contributed by atoms with E-state index < -0.39 is 11.5 Å². The van der Waals surface area contributed by atoms with E-state index >= 15 is 0 Å². The fourth-order valence-corrected chi connectivity index (χ4v) is 5.39. The van der Waals surface area contributed by atoms with Crippen LogP contribution in [0.25, 0.3) is 33.1 Å². The van der Waals surface area contributed by atoms with Crippen LogP contribution in [0.3, 0.4) is 0 Å². The number of aromatic nitrogens is 3. The number of nitrogens with zero attached hydrogens (tertiary/aromatic N) is 4. The molecule has 2 heterocycles. The Labute approximate surface area is 234 Å². The van der Waals surface area contributed by atoms with E-state index in [0.717, 1.165) is 33.4 Å². The Morgan fingerprint density at radius 3 is 2.58 bits per heavy atom. The molecule has 4 aromatic carbocycles. The molecule has 1 N–H and O–H groups in total. The summed E-state index contributed by atoms with van der Waals surface area (Å²) in [5.74, 6) is -0.754. The maximum atomic E-state index is 13.6. The summed E-state index contributed by atoms with van der Waals surface area (Å²) in [5, 5.41) is 10.1. The number of esters is 1. The molecule has 0 bridgehead atoms. The normalized spacial score (nSPS) is 11.1. The minimum Gasteiger partial charge on any atom is -0.461 e. The van der Waals surface area contributed by atoms with Crippen LogP contribution in [0.15, 0.2) is 101 Å². The Bertz CT molecular complexity index is 1910. The molecule has 0 aliphatic rings. The fourth-order valence-electron chi connectivity index (χ4n) is 4.66. The molecule has 0 amide bonds. The molecular formula is C31H25N5O3S. The zero-order valence-corrected chi connectivity index (χ0v) is 22.7. The average Bonchev–Trinajstić information content (AvgIpc) is 3.45. The van der Waals surface area contributed by atoms with Crippen molar-refractivity contribution < 1.29 is 9.53 Å². The number of ether oxygens (including phenoxy) is 1. The topological polar surface area (TPSA) is 89.3 Å². The molecule has 0 unspecified atom stereocenters. The molecule has 2 aromatic heterocycles. The van der Waals surface area contributed by atoms with Gasteiger partial charge in [0.15, 0.2) is 5.13 Å². The van der Waals surface area contributed by atoms with Gasteiger partial charge >= 0.3 is 11.5 Å². The highest BCUT2D eigenvalue weighted by Gasteiger charge is 2.21. The number of hydrogen-bond donors (Lipinski definition) is 1. The van der Waals surface area contributed by atoms with Crippen molar-refractivity contribution in [1.82, 2.24) is 14.6 Å². The van der Waals surface area contributed by atoms with E-state index in [2.05, 4.69) is 34.6 Å². The molecule has 198 valence electrons. The zero-order chi connectivity index (χ0) is 27.6. The summed E-state index contributed by atoms with van der Waals surface area (Å²) in [6.45, 7) is 1.83. The molecule has 0 radical (unpaired) electrons. The van der Waals surface area contributed by atoms with Crippen molar-refractivity contribution in [3.05, 3.63) is 112 Å². The molecule has 0 fully saturated rings. The highest BCUT2D eigenvalue weighted by atomic mass is 32.1. The average molecular weight is 548 g/mol. The second-order valence-corrected chi connectivity index (χ2v) is 9.91. The van der Waals surface area contributed by atoms with Gasteiger partial charge in [-0.15, -0.1) is 11.3 Å². The van der Waals surface area contributed by atoms with Crippen molar-refractivity contribution in [1.29, 1.82) is 0 Å². The maximum Gasteiger partial charge on any atom is 0.362 e. The van der Waals surface area contributed by atoms with Gasteiger partial charge in [-0.05, 0) is 48.0 Å². The van der Waals surface area contributed by atoms with Crippen molar-refractivity contribution in [2.24, 2.45) is 0 Å². The van der Waals surface area contributed by atoms with Gasteiger partial charge in [0.05, 0.1) is 29.0 Å².